The molecule has 1 N–H and O–H groups in total. The van der Waals surface area contributed by atoms with Gasteiger partial charge in [0, 0.05) is 6.54 Å². The number of fused-ring (bicyclic) bond motifs is 1. The van der Waals surface area contributed by atoms with Crippen LogP contribution in [-0.2, 0) is 6.42 Å². The summed E-state index contributed by atoms with van der Waals surface area (Å²) in [5, 5.41) is 2.49. The van der Waals surface area contributed by atoms with Gasteiger partial charge in [0.05, 0.1) is 7.11 Å². The third-order valence-corrected chi connectivity index (χ3v) is 2.73. The highest BCUT2D eigenvalue weighted by Crippen LogP contribution is 2.37. The molecule has 0 amide bonds. The number of nitrogens with one attached hydrogen (secondary N) is 1. The van der Waals surface area contributed by atoms with Crippen LogP contribution in [-0.4, -0.2) is 19.8 Å². The molecule has 0 fully saturated rings. The van der Waals surface area contributed by atoms with Crippen molar-refractivity contribution in [2.45, 2.75) is 18.6 Å². The molecule has 1 aliphatic heterocycles. The molecule has 5 heteroatoms. The molecular formula is C11H12F3NO. The van der Waals surface area contributed by atoms with E-state index in [1.54, 1.807) is 12.1 Å². The van der Waals surface area contributed by atoms with Gasteiger partial charge in [0.15, 0.2) is 0 Å². The van der Waals surface area contributed by atoms with E-state index < -0.39 is 12.2 Å². The summed E-state index contributed by atoms with van der Waals surface area (Å²) in [5.41, 5.74) is 1.01. The van der Waals surface area contributed by atoms with Crippen LogP contribution in [0.1, 0.15) is 17.2 Å². The molecule has 1 atom stereocenters. The highest BCUT2D eigenvalue weighted by atomic mass is 19.4. The van der Waals surface area contributed by atoms with E-state index in [1.165, 1.54) is 13.2 Å². The molecule has 1 aromatic rings. The van der Waals surface area contributed by atoms with Crippen molar-refractivity contribution >= 4 is 0 Å². The Morgan fingerprint density at radius 2 is 2.12 bits per heavy atom. The topological polar surface area (TPSA) is 21.3 Å². The third kappa shape index (κ3) is 2.00. The molecule has 1 aliphatic rings. The zero-order valence-electron chi connectivity index (χ0n) is 8.77. The number of alkyl halides is 3. The maximum Gasteiger partial charge on any atom is 0.407 e. The van der Waals surface area contributed by atoms with E-state index in [9.17, 15) is 13.2 Å². The number of methoxy groups -OCH3 is 1. The zero-order valence-corrected chi connectivity index (χ0v) is 8.77. The normalized spacial score (nSPS) is 20.4. The predicted molar refractivity (Wildman–Crippen MR) is 53.5 cm³/mol. The Kier molecular flexibility index (Phi) is 2.80. The highest BCUT2D eigenvalue weighted by Gasteiger charge is 2.42. The monoisotopic (exact) mass is 231 g/mol. The highest BCUT2D eigenvalue weighted by molar-refractivity contribution is 5.39. The van der Waals surface area contributed by atoms with Crippen molar-refractivity contribution in [3.63, 3.8) is 0 Å². The van der Waals surface area contributed by atoms with E-state index in [-0.39, 0.29) is 0 Å². The Balaban J connectivity index is 2.40. The first kappa shape index (κ1) is 11.3. The summed E-state index contributed by atoms with van der Waals surface area (Å²) in [7, 11) is 1.50. The van der Waals surface area contributed by atoms with Crippen LogP contribution in [0, 0.1) is 0 Å². The van der Waals surface area contributed by atoms with Crippen LogP contribution in [0.5, 0.6) is 5.75 Å². The van der Waals surface area contributed by atoms with Crippen LogP contribution in [0.2, 0.25) is 0 Å². The van der Waals surface area contributed by atoms with E-state index in [0.29, 0.717) is 29.8 Å². The Bertz CT molecular complexity index is 389. The second kappa shape index (κ2) is 3.97. The first-order chi connectivity index (χ1) is 7.52. The summed E-state index contributed by atoms with van der Waals surface area (Å²) in [4.78, 5) is 0. The summed E-state index contributed by atoms with van der Waals surface area (Å²) < 4.78 is 43.1. The minimum Gasteiger partial charge on any atom is -0.497 e. The minimum atomic E-state index is -4.25. The van der Waals surface area contributed by atoms with Crippen LogP contribution >= 0.6 is 0 Å². The average molecular weight is 231 g/mol. The first-order valence-corrected chi connectivity index (χ1v) is 4.99. The molecule has 1 unspecified atom stereocenters. The standard InChI is InChI=1S/C11H12F3NO/c1-16-8-2-3-9-7(6-8)4-5-15-10(9)11(12,13)14/h2-3,6,10,15H,4-5H2,1H3. The molecule has 0 bridgehead atoms. The molecule has 0 saturated carbocycles. The summed E-state index contributed by atoms with van der Waals surface area (Å²) in [6, 6.07) is 3.17. The van der Waals surface area contributed by atoms with Crippen LogP contribution < -0.4 is 10.1 Å². The van der Waals surface area contributed by atoms with Gasteiger partial charge in [0.2, 0.25) is 0 Å². The Hall–Kier alpha value is -1.23. The number of ether oxygens (including phenoxy) is 1. The fraction of sp³-hybridized carbons (Fsp3) is 0.455. The quantitative estimate of drug-likeness (QED) is 0.801. The number of hydrogen-bond acceptors (Lipinski definition) is 2. The maximum atomic E-state index is 12.7. The molecule has 88 valence electrons. The lowest BCUT2D eigenvalue weighted by molar-refractivity contribution is -0.158. The SMILES string of the molecule is COc1ccc2c(c1)CCNC2C(F)(F)F. The van der Waals surface area contributed by atoms with Crippen molar-refractivity contribution in [3.8, 4) is 5.75 Å². The van der Waals surface area contributed by atoms with Crippen molar-refractivity contribution in [2.75, 3.05) is 13.7 Å². The van der Waals surface area contributed by atoms with E-state index in [0.717, 1.165) is 0 Å². The molecule has 16 heavy (non-hydrogen) atoms. The van der Waals surface area contributed by atoms with Crippen molar-refractivity contribution in [2.24, 2.45) is 0 Å². The maximum absolute atomic E-state index is 12.7. The second-order valence-corrected chi connectivity index (χ2v) is 3.74. The lowest BCUT2D eigenvalue weighted by Gasteiger charge is -2.28. The number of hydrogen-bond donors (Lipinski definition) is 1. The van der Waals surface area contributed by atoms with Gasteiger partial charge in [-0.25, -0.2) is 0 Å². The first-order valence-electron chi connectivity index (χ1n) is 4.99. The van der Waals surface area contributed by atoms with Gasteiger partial charge in [-0.05, 0) is 29.7 Å². The van der Waals surface area contributed by atoms with E-state index in [2.05, 4.69) is 5.32 Å². The summed E-state index contributed by atoms with van der Waals surface area (Å²) in [5.74, 6) is 0.599. The molecule has 0 radical (unpaired) electrons. The van der Waals surface area contributed by atoms with E-state index in [4.69, 9.17) is 4.74 Å². The summed E-state index contributed by atoms with van der Waals surface area (Å²) >= 11 is 0. The van der Waals surface area contributed by atoms with Crippen molar-refractivity contribution < 1.29 is 17.9 Å². The molecular weight excluding hydrogens is 219 g/mol. The van der Waals surface area contributed by atoms with E-state index >= 15 is 0 Å². The number of rotatable bonds is 1. The number of benzene rings is 1. The van der Waals surface area contributed by atoms with E-state index in [1.807, 2.05) is 0 Å². The predicted octanol–water partition coefficient (Wildman–Crippen LogP) is 2.44. The summed E-state index contributed by atoms with van der Waals surface area (Å²) in [6.07, 6.45) is -3.65. The van der Waals surface area contributed by atoms with Crippen molar-refractivity contribution in [1.82, 2.24) is 5.32 Å². The van der Waals surface area contributed by atoms with Crippen LogP contribution in [0.25, 0.3) is 0 Å². The van der Waals surface area contributed by atoms with Gasteiger partial charge in [0.1, 0.15) is 11.8 Å². The molecule has 2 nitrogen and oxygen atoms in total. The minimum absolute atomic E-state index is 0.305. The Morgan fingerprint density at radius 3 is 2.75 bits per heavy atom. The Labute approximate surface area is 91.4 Å². The van der Waals surface area contributed by atoms with Crippen molar-refractivity contribution in [3.05, 3.63) is 29.3 Å². The van der Waals surface area contributed by atoms with Gasteiger partial charge in [-0.2, -0.15) is 13.2 Å². The molecule has 0 spiro atoms. The average Bonchev–Trinajstić information content (AvgIpc) is 2.26. The third-order valence-electron chi connectivity index (χ3n) is 2.73. The van der Waals surface area contributed by atoms with Gasteiger partial charge >= 0.3 is 6.18 Å². The molecule has 0 aromatic heterocycles. The van der Waals surface area contributed by atoms with Crippen molar-refractivity contribution in [1.29, 1.82) is 0 Å². The largest absolute Gasteiger partial charge is 0.497 e. The van der Waals surface area contributed by atoms with Gasteiger partial charge in [0.25, 0.3) is 0 Å². The second-order valence-electron chi connectivity index (χ2n) is 3.74. The van der Waals surface area contributed by atoms with Crippen LogP contribution in [0.3, 0.4) is 0 Å². The molecule has 0 aliphatic carbocycles. The smallest absolute Gasteiger partial charge is 0.407 e. The Morgan fingerprint density at radius 1 is 1.38 bits per heavy atom. The summed E-state index contributed by atoms with van der Waals surface area (Å²) in [6.45, 7) is 0.338. The van der Waals surface area contributed by atoms with Crippen LogP contribution in [0.15, 0.2) is 18.2 Å². The molecule has 2 rings (SSSR count). The van der Waals surface area contributed by atoms with Gasteiger partial charge in [-0.15, -0.1) is 0 Å². The fourth-order valence-electron chi connectivity index (χ4n) is 1.96. The number of halogens is 3. The van der Waals surface area contributed by atoms with Gasteiger partial charge < -0.3 is 10.1 Å². The zero-order chi connectivity index (χ0) is 11.8. The molecule has 0 saturated heterocycles. The fourth-order valence-corrected chi connectivity index (χ4v) is 1.96. The molecule has 1 aromatic carbocycles. The lowest BCUT2D eigenvalue weighted by Crippen LogP contribution is -2.39. The van der Waals surface area contributed by atoms with Gasteiger partial charge in [-0.3, -0.25) is 0 Å². The lowest BCUT2D eigenvalue weighted by atomic mass is 9.94. The molecule has 1 heterocycles. The van der Waals surface area contributed by atoms with Crippen LogP contribution in [0.4, 0.5) is 13.2 Å². The van der Waals surface area contributed by atoms with Gasteiger partial charge in [-0.1, -0.05) is 6.07 Å².